The minimum absolute atomic E-state index is 0.0611. The number of nitrogens with one attached hydrogen (secondary N) is 2. The van der Waals surface area contributed by atoms with Crippen LogP contribution in [0.15, 0.2) is 24.3 Å². The number of aromatic amines is 1. The van der Waals surface area contributed by atoms with Crippen molar-refractivity contribution in [2.45, 2.75) is 71.9 Å². The third-order valence-corrected chi connectivity index (χ3v) is 4.84. The molecule has 0 radical (unpaired) electrons. The standard InChI is InChI=1S/C20H30N4OS/c1-4-5-6-7-8-16(3)21-18(25)13-14-24-19(22-23-20(24)26)17-11-9-15(2)10-12-17/h9-12,16H,4-8,13-14H2,1-3H3,(H,21,25)(H,23,26). The summed E-state index contributed by atoms with van der Waals surface area (Å²) < 4.78 is 2.44. The monoisotopic (exact) mass is 374 g/mol. The van der Waals surface area contributed by atoms with Crippen LogP contribution in [0, 0.1) is 11.7 Å². The second-order valence-corrected chi connectivity index (χ2v) is 7.32. The van der Waals surface area contributed by atoms with Crippen LogP contribution in [0.3, 0.4) is 0 Å². The Morgan fingerprint density at radius 1 is 1.27 bits per heavy atom. The topological polar surface area (TPSA) is 62.7 Å². The van der Waals surface area contributed by atoms with Crippen molar-refractivity contribution in [3.8, 4) is 11.4 Å². The maximum Gasteiger partial charge on any atom is 0.222 e. The van der Waals surface area contributed by atoms with Crippen LogP contribution in [0.1, 0.15) is 57.9 Å². The minimum Gasteiger partial charge on any atom is -0.354 e. The highest BCUT2D eigenvalue weighted by atomic mass is 32.1. The van der Waals surface area contributed by atoms with Crippen molar-refractivity contribution in [3.05, 3.63) is 34.6 Å². The van der Waals surface area contributed by atoms with Gasteiger partial charge in [-0.1, -0.05) is 62.4 Å². The van der Waals surface area contributed by atoms with Crippen LogP contribution in [0.2, 0.25) is 0 Å². The fourth-order valence-electron chi connectivity index (χ4n) is 2.96. The lowest BCUT2D eigenvalue weighted by molar-refractivity contribution is -0.121. The van der Waals surface area contributed by atoms with Crippen LogP contribution in [-0.4, -0.2) is 26.7 Å². The van der Waals surface area contributed by atoms with Gasteiger partial charge in [-0.25, -0.2) is 0 Å². The average Bonchev–Trinajstić information content (AvgIpc) is 2.98. The van der Waals surface area contributed by atoms with Gasteiger partial charge in [-0.2, -0.15) is 5.10 Å². The van der Waals surface area contributed by atoms with Gasteiger partial charge in [-0.15, -0.1) is 0 Å². The van der Waals surface area contributed by atoms with Crippen LogP contribution < -0.4 is 5.32 Å². The quantitative estimate of drug-likeness (QED) is 0.465. The number of amides is 1. The lowest BCUT2D eigenvalue weighted by Crippen LogP contribution is -2.33. The molecule has 1 aromatic carbocycles. The van der Waals surface area contributed by atoms with Gasteiger partial charge in [-0.3, -0.25) is 14.5 Å². The van der Waals surface area contributed by atoms with Crippen LogP contribution in [-0.2, 0) is 11.3 Å². The van der Waals surface area contributed by atoms with E-state index in [-0.39, 0.29) is 11.9 Å². The number of benzene rings is 1. The Bertz CT molecular complexity index is 748. The van der Waals surface area contributed by atoms with E-state index in [1.54, 1.807) is 0 Å². The van der Waals surface area contributed by atoms with E-state index in [0.29, 0.717) is 17.7 Å². The van der Waals surface area contributed by atoms with Crippen molar-refractivity contribution in [1.82, 2.24) is 20.1 Å². The largest absolute Gasteiger partial charge is 0.354 e. The fourth-order valence-corrected chi connectivity index (χ4v) is 3.18. The molecule has 2 N–H and O–H groups in total. The Morgan fingerprint density at radius 3 is 2.69 bits per heavy atom. The van der Waals surface area contributed by atoms with E-state index in [0.717, 1.165) is 17.8 Å². The molecule has 0 spiro atoms. The number of hydrogen-bond acceptors (Lipinski definition) is 3. The summed E-state index contributed by atoms with van der Waals surface area (Å²) in [4.78, 5) is 12.3. The second kappa shape index (κ2) is 10.3. The number of carbonyl (C=O) groups is 1. The summed E-state index contributed by atoms with van der Waals surface area (Å²) in [5, 5.41) is 10.3. The van der Waals surface area contributed by atoms with Gasteiger partial charge in [0.2, 0.25) is 5.91 Å². The van der Waals surface area contributed by atoms with Crippen molar-refractivity contribution in [1.29, 1.82) is 0 Å². The average molecular weight is 375 g/mol. The molecule has 0 aliphatic rings. The molecule has 2 rings (SSSR count). The molecule has 142 valence electrons. The van der Waals surface area contributed by atoms with Crippen LogP contribution >= 0.6 is 12.2 Å². The lowest BCUT2D eigenvalue weighted by Gasteiger charge is -2.14. The molecule has 0 bridgehead atoms. The Kier molecular flexibility index (Phi) is 8.04. The molecule has 1 aromatic heterocycles. The Labute approximate surface area is 161 Å². The van der Waals surface area contributed by atoms with E-state index in [9.17, 15) is 4.79 Å². The molecule has 0 saturated heterocycles. The summed E-state index contributed by atoms with van der Waals surface area (Å²) in [5.41, 5.74) is 2.19. The van der Waals surface area contributed by atoms with Gasteiger partial charge in [0.25, 0.3) is 0 Å². The highest BCUT2D eigenvalue weighted by Gasteiger charge is 2.12. The van der Waals surface area contributed by atoms with Crippen LogP contribution in [0.25, 0.3) is 11.4 Å². The third kappa shape index (κ3) is 6.09. The number of aryl methyl sites for hydroxylation is 1. The summed E-state index contributed by atoms with van der Waals surface area (Å²) in [6.45, 7) is 6.85. The van der Waals surface area contributed by atoms with E-state index in [1.807, 2.05) is 28.8 Å². The lowest BCUT2D eigenvalue weighted by atomic mass is 10.1. The highest BCUT2D eigenvalue weighted by molar-refractivity contribution is 7.71. The fraction of sp³-hybridized carbons (Fsp3) is 0.550. The van der Waals surface area contributed by atoms with E-state index < -0.39 is 0 Å². The van der Waals surface area contributed by atoms with Crippen LogP contribution in [0.5, 0.6) is 0 Å². The van der Waals surface area contributed by atoms with Crippen molar-refractivity contribution in [2.24, 2.45) is 0 Å². The predicted molar refractivity (Wildman–Crippen MR) is 109 cm³/mol. The first kappa shape index (κ1) is 20.4. The molecule has 6 heteroatoms. The molecule has 1 heterocycles. The summed E-state index contributed by atoms with van der Waals surface area (Å²) >= 11 is 5.33. The minimum atomic E-state index is 0.0611. The second-order valence-electron chi connectivity index (χ2n) is 6.94. The SMILES string of the molecule is CCCCCCC(C)NC(=O)CCn1c(-c2ccc(C)cc2)n[nH]c1=S. The van der Waals surface area contributed by atoms with Crippen molar-refractivity contribution in [3.63, 3.8) is 0 Å². The van der Waals surface area contributed by atoms with E-state index >= 15 is 0 Å². The van der Waals surface area contributed by atoms with Gasteiger partial charge in [-0.05, 0) is 32.5 Å². The molecule has 0 aliphatic carbocycles. The van der Waals surface area contributed by atoms with Gasteiger partial charge in [0.05, 0.1) is 0 Å². The van der Waals surface area contributed by atoms with Gasteiger partial charge >= 0.3 is 0 Å². The van der Waals surface area contributed by atoms with E-state index in [2.05, 4.69) is 36.3 Å². The van der Waals surface area contributed by atoms with Crippen LogP contribution in [0.4, 0.5) is 0 Å². The normalized spacial score (nSPS) is 12.1. The Morgan fingerprint density at radius 2 is 2.00 bits per heavy atom. The molecule has 0 fully saturated rings. The first-order valence-corrected chi connectivity index (χ1v) is 9.93. The first-order valence-electron chi connectivity index (χ1n) is 9.53. The van der Waals surface area contributed by atoms with Gasteiger partial charge < -0.3 is 5.32 Å². The number of H-pyrrole nitrogens is 1. The molecular formula is C20H30N4OS. The van der Waals surface area contributed by atoms with Crippen molar-refractivity contribution in [2.75, 3.05) is 0 Å². The molecule has 5 nitrogen and oxygen atoms in total. The molecule has 0 aliphatic heterocycles. The Hall–Kier alpha value is -1.95. The molecule has 2 aromatic rings. The van der Waals surface area contributed by atoms with E-state index in [4.69, 9.17) is 12.2 Å². The van der Waals surface area contributed by atoms with Gasteiger partial charge in [0.1, 0.15) is 0 Å². The maximum absolute atomic E-state index is 12.3. The number of rotatable bonds is 10. The number of unbranched alkanes of at least 4 members (excludes halogenated alkanes) is 3. The zero-order valence-electron chi connectivity index (χ0n) is 16.0. The third-order valence-electron chi connectivity index (χ3n) is 4.53. The Balaban J connectivity index is 1.89. The number of aromatic nitrogens is 3. The molecule has 1 atom stereocenters. The number of hydrogen-bond donors (Lipinski definition) is 2. The molecule has 1 unspecified atom stereocenters. The van der Waals surface area contributed by atoms with Gasteiger partial charge in [0, 0.05) is 24.6 Å². The zero-order chi connectivity index (χ0) is 18.9. The molecule has 26 heavy (non-hydrogen) atoms. The number of nitrogens with zero attached hydrogens (tertiary/aromatic N) is 2. The smallest absolute Gasteiger partial charge is 0.222 e. The summed E-state index contributed by atoms with van der Waals surface area (Å²) in [5.74, 6) is 0.835. The first-order chi connectivity index (χ1) is 12.5. The van der Waals surface area contributed by atoms with Crippen molar-refractivity contribution >= 4 is 18.1 Å². The molecular weight excluding hydrogens is 344 g/mol. The maximum atomic E-state index is 12.3. The van der Waals surface area contributed by atoms with E-state index in [1.165, 1.54) is 31.2 Å². The summed E-state index contributed by atoms with van der Waals surface area (Å²) in [6.07, 6.45) is 6.33. The summed E-state index contributed by atoms with van der Waals surface area (Å²) in [7, 11) is 0. The van der Waals surface area contributed by atoms with Gasteiger partial charge in [0.15, 0.2) is 10.6 Å². The molecule has 1 amide bonds. The molecule has 0 saturated carbocycles. The zero-order valence-corrected chi connectivity index (χ0v) is 16.9. The van der Waals surface area contributed by atoms with Crippen molar-refractivity contribution < 1.29 is 4.79 Å². The highest BCUT2D eigenvalue weighted by Crippen LogP contribution is 2.18. The summed E-state index contributed by atoms with van der Waals surface area (Å²) in [6, 6.07) is 8.35. The predicted octanol–water partition coefficient (Wildman–Crippen LogP) is 4.78. The number of carbonyl (C=O) groups excluding carboxylic acids is 1.